The van der Waals surface area contributed by atoms with Gasteiger partial charge in [0.05, 0.1) is 0 Å². The van der Waals surface area contributed by atoms with Crippen LogP contribution in [0.3, 0.4) is 0 Å². The number of carbonyl (C=O) groups excluding carboxylic acids is 2. The summed E-state index contributed by atoms with van der Waals surface area (Å²) < 4.78 is 14.2. The third-order valence-corrected chi connectivity index (χ3v) is 1.65. The number of carbonyl (C=O) groups is 2. The summed E-state index contributed by atoms with van der Waals surface area (Å²) in [5.74, 6) is -0.461. The first-order valence-corrected chi connectivity index (χ1v) is 4.21. The summed E-state index contributed by atoms with van der Waals surface area (Å²) in [6, 6.07) is 0. The summed E-state index contributed by atoms with van der Waals surface area (Å²) in [7, 11) is 0. The molecule has 0 bridgehead atoms. The van der Waals surface area contributed by atoms with Gasteiger partial charge in [0.1, 0.15) is 13.2 Å². The Labute approximate surface area is 81.6 Å². The Kier molecular flexibility index (Phi) is 3.11. The van der Waals surface area contributed by atoms with E-state index < -0.39 is 17.7 Å². The number of esters is 1. The first kappa shape index (κ1) is 10.6. The predicted octanol–water partition coefficient (Wildman–Crippen LogP) is 1.03. The fourth-order valence-corrected chi connectivity index (χ4v) is 0.951. The molecule has 14 heavy (non-hydrogen) atoms. The SMILES string of the molecule is C/C=C/C(=O)OCC1(C)COC(=O)O1. The van der Waals surface area contributed by atoms with Crippen molar-refractivity contribution in [1.82, 2.24) is 0 Å². The average molecular weight is 200 g/mol. The van der Waals surface area contributed by atoms with Crippen LogP contribution in [0.15, 0.2) is 12.2 Å². The third-order valence-electron chi connectivity index (χ3n) is 1.65. The van der Waals surface area contributed by atoms with Crippen LogP contribution in [0.1, 0.15) is 13.8 Å². The van der Waals surface area contributed by atoms with Crippen LogP contribution >= 0.6 is 0 Å². The van der Waals surface area contributed by atoms with Gasteiger partial charge in [-0.15, -0.1) is 0 Å². The number of rotatable bonds is 3. The summed E-state index contributed by atoms with van der Waals surface area (Å²) in [4.78, 5) is 21.6. The van der Waals surface area contributed by atoms with Gasteiger partial charge in [-0.05, 0) is 13.8 Å². The fraction of sp³-hybridized carbons (Fsp3) is 0.556. The van der Waals surface area contributed by atoms with Crippen molar-refractivity contribution >= 4 is 12.1 Å². The molecule has 0 saturated carbocycles. The summed E-state index contributed by atoms with van der Waals surface area (Å²) in [6.07, 6.45) is 2.14. The second kappa shape index (κ2) is 4.13. The van der Waals surface area contributed by atoms with Crippen molar-refractivity contribution < 1.29 is 23.8 Å². The first-order chi connectivity index (χ1) is 6.56. The summed E-state index contributed by atoms with van der Waals surface area (Å²) >= 11 is 0. The van der Waals surface area contributed by atoms with Gasteiger partial charge in [-0.25, -0.2) is 9.59 Å². The van der Waals surface area contributed by atoms with Crippen molar-refractivity contribution in [3.8, 4) is 0 Å². The largest absolute Gasteiger partial charge is 0.509 e. The number of hydrogen-bond acceptors (Lipinski definition) is 5. The van der Waals surface area contributed by atoms with Gasteiger partial charge in [0.25, 0.3) is 0 Å². The molecule has 1 rings (SSSR count). The Bertz CT molecular complexity index is 270. The molecule has 0 aliphatic carbocycles. The van der Waals surface area contributed by atoms with E-state index in [1.807, 2.05) is 0 Å². The van der Waals surface area contributed by atoms with Crippen LogP contribution < -0.4 is 0 Å². The van der Waals surface area contributed by atoms with Crippen LogP contribution in [0.4, 0.5) is 4.79 Å². The van der Waals surface area contributed by atoms with Gasteiger partial charge >= 0.3 is 12.1 Å². The molecule has 1 aliphatic heterocycles. The number of hydrogen-bond donors (Lipinski definition) is 0. The Hall–Kier alpha value is -1.52. The first-order valence-electron chi connectivity index (χ1n) is 4.21. The molecule has 1 saturated heterocycles. The van der Waals surface area contributed by atoms with Gasteiger partial charge in [-0.2, -0.15) is 0 Å². The molecular formula is C9H12O5. The summed E-state index contributed by atoms with van der Waals surface area (Å²) in [5.41, 5.74) is -0.853. The zero-order valence-corrected chi connectivity index (χ0v) is 8.11. The van der Waals surface area contributed by atoms with Crippen molar-refractivity contribution in [1.29, 1.82) is 0 Å². The summed E-state index contributed by atoms with van der Waals surface area (Å²) in [6.45, 7) is 3.46. The number of cyclic esters (lactones) is 2. The zero-order valence-electron chi connectivity index (χ0n) is 8.11. The van der Waals surface area contributed by atoms with E-state index in [0.717, 1.165) is 0 Å². The molecule has 0 aromatic heterocycles. The third kappa shape index (κ3) is 2.76. The molecule has 5 heteroatoms. The maximum absolute atomic E-state index is 10.9. The molecule has 0 aromatic carbocycles. The van der Waals surface area contributed by atoms with Crippen LogP contribution in [0, 0.1) is 0 Å². The van der Waals surface area contributed by atoms with Crippen molar-refractivity contribution in [2.24, 2.45) is 0 Å². The lowest BCUT2D eigenvalue weighted by Crippen LogP contribution is -2.34. The molecule has 0 spiro atoms. The topological polar surface area (TPSA) is 61.8 Å². The molecule has 1 fully saturated rings. The van der Waals surface area contributed by atoms with Crippen LogP contribution in [0.25, 0.3) is 0 Å². The highest BCUT2D eigenvalue weighted by Crippen LogP contribution is 2.19. The Morgan fingerprint density at radius 3 is 2.93 bits per heavy atom. The molecule has 1 heterocycles. The average Bonchev–Trinajstić information content (AvgIpc) is 2.45. The van der Waals surface area contributed by atoms with Crippen LogP contribution in [0.2, 0.25) is 0 Å². The minimum Gasteiger partial charge on any atom is -0.458 e. The van der Waals surface area contributed by atoms with Gasteiger partial charge in [-0.1, -0.05) is 6.08 Å². The van der Waals surface area contributed by atoms with E-state index in [2.05, 4.69) is 4.74 Å². The maximum Gasteiger partial charge on any atom is 0.509 e. The normalized spacial score (nSPS) is 26.0. The molecule has 5 nitrogen and oxygen atoms in total. The molecule has 0 N–H and O–H groups in total. The van der Waals surface area contributed by atoms with E-state index in [9.17, 15) is 9.59 Å². The molecule has 1 atom stereocenters. The summed E-state index contributed by atoms with van der Waals surface area (Å²) in [5, 5.41) is 0. The quantitative estimate of drug-likeness (QED) is 0.503. The molecular weight excluding hydrogens is 188 g/mol. The van der Waals surface area contributed by atoms with Crippen molar-refractivity contribution in [3.63, 3.8) is 0 Å². The Morgan fingerprint density at radius 2 is 2.43 bits per heavy atom. The highest BCUT2D eigenvalue weighted by Gasteiger charge is 2.39. The van der Waals surface area contributed by atoms with Gasteiger partial charge in [0.2, 0.25) is 0 Å². The standard InChI is InChI=1S/C9H12O5/c1-3-4-7(10)12-5-9(2)6-13-8(11)14-9/h3-4H,5-6H2,1-2H3/b4-3+. The number of allylic oxidation sites excluding steroid dienone is 1. The van der Waals surface area contributed by atoms with Crippen LogP contribution in [-0.2, 0) is 19.0 Å². The van der Waals surface area contributed by atoms with E-state index in [0.29, 0.717) is 0 Å². The molecule has 0 amide bonds. The highest BCUT2D eigenvalue weighted by atomic mass is 16.8. The second-order valence-electron chi connectivity index (χ2n) is 3.20. The molecule has 0 aromatic rings. The predicted molar refractivity (Wildman–Crippen MR) is 46.6 cm³/mol. The number of ether oxygens (including phenoxy) is 3. The van der Waals surface area contributed by atoms with Crippen LogP contribution in [0.5, 0.6) is 0 Å². The zero-order chi connectivity index (χ0) is 10.6. The Morgan fingerprint density at radius 1 is 1.71 bits per heavy atom. The smallest absolute Gasteiger partial charge is 0.458 e. The van der Waals surface area contributed by atoms with Crippen LogP contribution in [-0.4, -0.2) is 30.9 Å². The lowest BCUT2D eigenvalue weighted by Gasteiger charge is -2.18. The molecule has 78 valence electrons. The van der Waals surface area contributed by atoms with Crippen molar-refractivity contribution in [2.45, 2.75) is 19.4 Å². The second-order valence-corrected chi connectivity index (χ2v) is 3.20. The lowest BCUT2D eigenvalue weighted by molar-refractivity contribution is -0.143. The molecule has 1 aliphatic rings. The van der Waals surface area contributed by atoms with E-state index >= 15 is 0 Å². The van der Waals surface area contributed by atoms with Crippen molar-refractivity contribution in [3.05, 3.63) is 12.2 Å². The monoisotopic (exact) mass is 200 g/mol. The maximum atomic E-state index is 10.9. The van der Waals surface area contributed by atoms with Crippen molar-refractivity contribution in [2.75, 3.05) is 13.2 Å². The van der Waals surface area contributed by atoms with E-state index in [-0.39, 0.29) is 13.2 Å². The Balaban J connectivity index is 2.37. The van der Waals surface area contributed by atoms with E-state index in [1.165, 1.54) is 6.08 Å². The lowest BCUT2D eigenvalue weighted by atomic mass is 10.1. The van der Waals surface area contributed by atoms with E-state index in [4.69, 9.17) is 9.47 Å². The van der Waals surface area contributed by atoms with Gasteiger partial charge in [-0.3, -0.25) is 0 Å². The minimum atomic E-state index is -0.853. The fourth-order valence-electron chi connectivity index (χ4n) is 0.951. The molecule has 1 unspecified atom stereocenters. The van der Waals surface area contributed by atoms with Gasteiger partial charge in [0.15, 0.2) is 5.60 Å². The minimum absolute atomic E-state index is 0.00190. The highest BCUT2D eigenvalue weighted by molar-refractivity contribution is 5.81. The van der Waals surface area contributed by atoms with Gasteiger partial charge < -0.3 is 14.2 Å². The van der Waals surface area contributed by atoms with Gasteiger partial charge in [0, 0.05) is 6.08 Å². The molecule has 0 radical (unpaired) electrons. The van der Waals surface area contributed by atoms with E-state index in [1.54, 1.807) is 19.9 Å².